The maximum Gasteiger partial charge on any atom is 0.322 e. The fourth-order valence-corrected chi connectivity index (χ4v) is 4.67. The van der Waals surface area contributed by atoms with Gasteiger partial charge in [-0.3, -0.25) is 19.7 Å². The van der Waals surface area contributed by atoms with Crippen LogP contribution in [-0.4, -0.2) is 56.7 Å². The van der Waals surface area contributed by atoms with Gasteiger partial charge in [0.2, 0.25) is 11.8 Å². The highest BCUT2D eigenvalue weighted by Crippen LogP contribution is 2.39. The molecule has 4 atom stereocenters. The molecule has 2 amide bonds. The number of phenols is 1. The summed E-state index contributed by atoms with van der Waals surface area (Å²) in [5.41, 5.74) is 6.52. The van der Waals surface area contributed by atoms with E-state index in [1.165, 1.54) is 36.0 Å². The van der Waals surface area contributed by atoms with Crippen LogP contribution in [-0.2, 0) is 14.4 Å². The maximum absolute atomic E-state index is 12.8. The summed E-state index contributed by atoms with van der Waals surface area (Å²) in [4.78, 5) is 37.2. The number of aromatic hydroxyl groups is 1. The predicted octanol–water partition coefficient (Wildman–Crippen LogP) is 0.687. The van der Waals surface area contributed by atoms with Crippen molar-refractivity contribution in [3.05, 3.63) is 29.8 Å². The number of unbranched alkanes of at least 4 members (excludes halogenated alkanes) is 1. The zero-order valence-electron chi connectivity index (χ0n) is 17.3. The molecule has 1 aliphatic rings. The zero-order chi connectivity index (χ0) is 22.5. The number of benzene rings is 1. The van der Waals surface area contributed by atoms with Crippen LogP contribution in [0, 0.1) is 0 Å². The molecule has 1 aromatic carbocycles. The second-order valence-electron chi connectivity index (χ2n) is 7.78. The highest BCUT2D eigenvalue weighted by atomic mass is 32.2. The molecule has 30 heavy (non-hydrogen) atoms. The van der Waals surface area contributed by atoms with E-state index in [2.05, 4.69) is 16.0 Å². The Kier molecular flexibility index (Phi) is 8.10. The van der Waals surface area contributed by atoms with Crippen LogP contribution in [0.2, 0.25) is 0 Å². The van der Waals surface area contributed by atoms with E-state index in [-0.39, 0.29) is 5.75 Å². The maximum atomic E-state index is 12.8. The fourth-order valence-electron chi connectivity index (χ4n) is 3.18. The number of aliphatic carboxylic acids is 1. The Labute approximate surface area is 180 Å². The molecular formula is C20H30N4O5S. The summed E-state index contributed by atoms with van der Waals surface area (Å²) in [6.07, 6.45) is 1.68. The Morgan fingerprint density at radius 2 is 1.87 bits per heavy atom. The van der Waals surface area contributed by atoms with Gasteiger partial charge in [-0.15, -0.1) is 11.8 Å². The number of hydrogen-bond donors (Lipinski definition) is 6. The summed E-state index contributed by atoms with van der Waals surface area (Å²) in [6, 6.07) is 2.97. The quantitative estimate of drug-likeness (QED) is 0.308. The molecule has 10 heteroatoms. The topological polar surface area (TPSA) is 154 Å². The van der Waals surface area contributed by atoms with Gasteiger partial charge in [0, 0.05) is 11.3 Å². The Morgan fingerprint density at radius 1 is 1.23 bits per heavy atom. The fraction of sp³-hybridized carbons (Fsp3) is 0.550. The standard InChI is InChI=1S/C20H30N4O5S/c1-4-5-10-22-17(27)14(18-24-15(19(28)29)20(2,3)30-18)23-16(26)13(21)11-6-8-12(25)9-7-11/h6-9,13-15,18,24-25H,4-5,10,21H2,1-3H3,(H,22,27)(H,23,26)(H,28,29)/t13-,14-,15+,18-/m1/s1. The number of carbonyl (C=O) groups excluding carboxylic acids is 2. The first-order valence-corrected chi connectivity index (χ1v) is 10.7. The van der Waals surface area contributed by atoms with Gasteiger partial charge in [0.05, 0.1) is 5.37 Å². The number of rotatable bonds is 9. The smallest absolute Gasteiger partial charge is 0.322 e. The minimum atomic E-state index is -1.05. The van der Waals surface area contributed by atoms with Crippen LogP contribution in [0.5, 0.6) is 5.75 Å². The third kappa shape index (κ3) is 5.87. The van der Waals surface area contributed by atoms with Crippen molar-refractivity contribution in [2.75, 3.05) is 6.54 Å². The van der Waals surface area contributed by atoms with Crippen molar-refractivity contribution >= 4 is 29.5 Å². The van der Waals surface area contributed by atoms with Crippen molar-refractivity contribution < 1.29 is 24.6 Å². The number of carbonyl (C=O) groups is 3. The van der Waals surface area contributed by atoms with Crippen LogP contribution >= 0.6 is 11.8 Å². The largest absolute Gasteiger partial charge is 0.508 e. The first-order chi connectivity index (χ1) is 14.1. The van der Waals surface area contributed by atoms with E-state index in [4.69, 9.17) is 5.73 Å². The molecule has 0 aliphatic carbocycles. The van der Waals surface area contributed by atoms with Gasteiger partial charge in [-0.25, -0.2) is 0 Å². The molecule has 0 aromatic heterocycles. The lowest BCUT2D eigenvalue weighted by molar-refractivity contribution is -0.140. The van der Waals surface area contributed by atoms with Crippen LogP contribution in [0.1, 0.15) is 45.2 Å². The number of nitrogens with two attached hydrogens (primary N) is 1. The van der Waals surface area contributed by atoms with Crippen molar-refractivity contribution in [1.29, 1.82) is 0 Å². The minimum absolute atomic E-state index is 0.0491. The molecule has 0 unspecified atom stereocenters. The number of thioether (sulfide) groups is 1. The number of nitrogens with one attached hydrogen (secondary N) is 3. The second-order valence-corrected chi connectivity index (χ2v) is 9.58. The van der Waals surface area contributed by atoms with Crippen molar-refractivity contribution in [2.45, 2.75) is 61.9 Å². The predicted molar refractivity (Wildman–Crippen MR) is 115 cm³/mol. The summed E-state index contributed by atoms with van der Waals surface area (Å²) in [7, 11) is 0. The Hall–Kier alpha value is -2.30. The van der Waals surface area contributed by atoms with Gasteiger partial charge in [-0.2, -0.15) is 0 Å². The molecule has 1 heterocycles. The van der Waals surface area contributed by atoms with E-state index in [9.17, 15) is 24.6 Å². The first kappa shape index (κ1) is 24.0. The molecule has 7 N–H and O–H groups in total. The number of hydrogen-bond acceptors (Lipinski definition) is 7. The lowest BCUT2D eigenvalue weighted by atomic mass is 10.0. The lowest BCUT2D eigenvalue weighted by Gasteiger charge is -2.26. The third-order valence-corrected chi connectivity index (χ3v) is 6.46. The Bertz CT molecular complexity index is 771. The molecule has 0 bridgehead atoms. The minimum Gasteiger partial charge on any atom is -0.508 e. The summed E-state index contributed by atoms with van der Waals surface area (Å²) < 4.78 is -0.678. The van der Waals surface area contributed by atoms with Crippen molar-refractivity contribution in [3.63, 3.8) is 0 Å². The summed E-state index contributed by atoms with van der Waals surface area (Å²) in [5.74, 6) is -1.95. The van der Waals surface area contributed by atoms with Crippen LogP contribution in [0.25, 0.3) is 0 Å². The van der Waals surface area contributed by atoms with Gasteiger partial charge in [0.15, 0.2) is 0 Å². The van der Waals surface area contributed by atoms with E-state index in [1.807, 2.05) is 6.92 Å². The van der Waals surface area contributed by atoms with E-state index in [1.54, 1.807) is 13.8 Å². The molecule has 9 nitrogen and oxygen atoms in total. The summed E-state index contributed by atoms with van der Waals surface area (Å²) in [5, 5.41) is 26.7. The Balaban J connectivity index is 2.19. The van der Waals surface area contributed by atoms with Gasteiger partial charge >= 0.3 is 5.97 Å². The number of phenolic OH excluding ortho intramolecular Hbond substituents is 1. The second kappa shape index (κ2) is 10.1. The summed E-state index contributed by atoms with van der Waals surface area (Å²) >= 11 is 1.29. The molecule has 0 spiro atoms. The van der Waals surface area contributed by atoms with Crippen LogP contribution in [0.4, 0.5) is 0 Å². The SMILES string of the molecule is CCCCNC(=O)[C@@H](NC(=O)[C@H](N)c1ccc(O)cc1)[C@@H]1N[C@@H](C(=O)O)C(C)(C)S1. The average molecular weight is 439 g/mol. The van der Waals surface area contributed by atoms with E-state index < -0.39 is 46.0 Å². The average Bonchev–Trinajstić information content (AvgIpc) is 3.01. The monoisotopic (exact) mass is 438 g/mol. The molecule has 0 saturated carbocycles. The number of carboxylic acid groups (broad SMARTS) is 1. The van der Waals surface area contributed by atoms with E-state index in [0.29, 0.717) is 12.1 Å². The lowest BCUT2D eigenvalue weighted by Crippen LogP contribution is -2.58. The molecule has 1 aromatic rings. The van der Waals surface area contributed by atoms with Crippen LogP contribution in [0.3, 0.4) is 0 Å². The number of carboxylic acids is 1. The van der Waals surface area contributed by atoms with Crippen molar-refractivity contribution in [1.82, 2.24) is 16.0 Å². The third-order valence-electron chi connectivity index (χ3n) is 4.95. The molecule has 166 valence electrons. The molecule has 0 radical (unpaired) electrons. The molecule has 1 fully saturated rings. The van der Waals surface area contributed by atoms with E-state index in [0.717, 1.165) is 12.8 Å². The van der Waals surface area contributed by atoms with Crippen molar-refractivity contribution in [2.24, 2.45) is 5.73 Å². The van der Waals surface area contributed by atoms with Crippen LogP contribution in [0.15, 0.2) is 24.3 Å². The molecule has 1 aliphatic heterocycles. The van der Waals surface area contributed by atoms with Gasteiger partial charge < -0.3 is 26.6 Å². The zero-order valence-corrected chi connectivity index (χ0v) is 18.2. The molecule has 1 saturated heterocycles. The van der Waals surface area contributed by atoms with Gasteiger partial charge in [-0.1, -0.05) is 25.5 Å². The van der Waals surface area contributed by atoms with E-state index >= 15 is 0 Å². The van der Waals surface area contributed by atoms with Gasteiger partial charge in [0.25, 0.3) is 0 Å². The van der Waals surface area contributed by atoms with Gasteiger partial charge in [-0.05, 0) is 38.0 Å². The highest BCUT2D eigenvalue weighted by Gasteiger charge is 2.49. The van der Waals surface area contributed by atoms with Crippen molar-refractivity contribution in [3.8, 4) is 5.75 Å². The van der Waals surface area contributed by atoms with Gasteiger partial charge in [0.1, 0.15) is 23.9 Å². The first-order valence-electron chi connectivity index (χ1n) is 9.86. The summed E-state index contributed by atoms with van der Waals surface area (Å²) in [6.45, 7) is 6.00. The highest BCUT2D eigenvalue weighted by molar-refractivity contribution is 8.01. The molecular weight excluding hydrogens is 408 g/mol. The van der Waals surface area contributed by atoms with Crippen LogP contribution < -0.4 is 21.7 Å². The Morgan fingerprint density at radius 3 is 2.40 bits per heavy atom. The number of amides is 2. The molecule has 2 rings (SSSR count). The normalized spacial score (nSPS) is 22.1.